The number of hydrogen-bond donors (Lipinski definition) is 0. The van der Waals surface area contributed by atoms with Crippen molar-refractivity contribution in [2.24, 2.45) is 0 Å². The van der Waals surface area contributed by atoms with Gasteiger partial charge in [-0.3, -0.25) is 0 Å². The summed E-state index contributed by atoms with van der Waals surface area (Å²) in [5.74, 6) is 0. The molecule has 0 saturated heterocycles. The van der Waals surface area contributed by atoms with Gasteiger partial charge in [0.25, 0.3) is 0 Å². The molecule has 0 radical (unpaired) electrons. The maximum Gasteiger partial charge on any atom is 0.0614 e. The van der Waals surface area contributed by atoms with E-state index in [1.165, 1.54) is 43.7 Å². The molecule has 1 nitrogen and oxygen atoms in total. The van der Waals surface area contributed by atoms with Gasteiger partial charge in [-0.05, 0) is 54.4 Å². The van der Waals surface area contributed by atoms with Crippen molar-refractivity contribution in [1.82, 2.24) is 4.40 Å². The van der Waals surface area contributed by atoms with Crippen molar-refractivity contribution in [2.75, 3.05) is 0 Å². The summed E-state index contributed by atoms with van der Waals surface area (Å²) in [6, 6.07) is 26.1. The van der Waals surface area contributed by atoms with Gasteiger partial charge >= 0.3 is 0 Å². The molecule has 1 heteroatoms. The van der Waals surface area contributed by atoms with Crippen molar-refractivity contribution in [3.8, 4) is 0 Å². The molecule has 5 aromatic rings. The number of aromatic nitrogens is 1. The summed E-state index contributed by atoms with van der Waals surface area (Å²) in [7, 11) is 0. The molecule has 0 fully saturated rings. The number of aryl methyl sites for hydroxylation is 2. The minimum Gasteiger partial charge on any atom is -0.308 e. The van der Waals surface area contributed by atoms with Crippen LogP contribution in [0.2, 0.25) is 0 Å². The van der Waals surface area contributed by atoms with Crippen molar-refractivity contribution in [3.05, 3.63) is 101 Å². The van der Waals surface area contributed by atoms with Crippen LogP contribution in [-0.2, 0) is 0 Å². The van der Waals surface area contributed by atoms with Crippen LogP contribution in [-0.4, -0.2) is 4.40 Å². The van der Waals surface area contributed by atoms with E-state index in [2.05, 4.69) is 104 Å². The van der Waals surface area contributed by atoms with E-state index in [1.54, 1.807) is 0 Å². The monoisotopic (exact) mass is 373 g/mol. The standard InChI is InChI=1S/C28H23N/c1-5-23-25-16-21-12-8-9-13-22(21)17-27(25)29-26-15-19(3)11-7-6-10-18(2)14-24(26)20(4)28(23)29/h5-17H,1,4H2,2-3H3. The molecule has 3 aromatic carbocycles. The molecule has 0 saturated carbocycles. The van der Waals surface area contributed by atoms with Gasteiger partial charge in [0.1, 0.15) is 0 Å². The summed E-state index contributed by atoms with van der Waals surface area (Å²) in [4.78, 5) is 0. The lowest BCUT2D eigenvalue weighted by atomic mass is 10.0. The molecule has 0 atom stereocenters. The van der Waals surface area contributed by atoms with Crippen molar-refractivity contribution in [3.63, 3.8) is 0 Å². The first-order valence-electron chi connectivity index (χ1n) is 9.94. The smallest absolute Gasteiger partial charge is 0.0614 e. The lowest BCUT2D eigenvalue weighted by molar-refractivity contribution is 1.35. The first kappa shape index (κ1) is 17.5. The molecule has 0 aliphatic rings. The van der Waals surface area contributed by atoms with Crippen molar-refractivity contribution in [1.29, 1.82) is 0 Å². The topological polar surface area (TPSA) is 4.41 Å². The average molecular weight is 373 g/mol. The highest BCUT2D eigenvalue weighted by Crippen LogP contribution is 2.33. The van der Waals surface area contributed by atoms with E-state index >= 15 is 0 Å². The van der Waals surface area contributed by atoms with E-state index in [0.29, 0.717) is 0 Å². The Morgan fingerprint density at radius 2 is 1.31 bits per heavy atom. The molecule has 0 amide bonds. The highest BCUT2D eigenvalue weighted by molar-refractivity contribution is 6.09. The normalized spacial score (nSPS) is 11.4. The number of hydrogen-bond acceptors (Lipinski definition) is 0. The lowest BCUT2D eigenvalue weighted by Gasteiger charge is -2.01. The highest BCUT2D eigenvalue weighted by atomic mass is 14.9. The first-order chi connectivity index (χ1) is 14.1. The van der Waals surface area contributed by atoms with E-state index in [1.807, 2.05) is 6.08 Å². The fourth-order valence-electron chi connectivity index (χ4n) is 4.41. The summed E-state index contributed by atoms with van der Waals surface area (Å²) < 4.78 is 2.36. The Hall–Kier alpha value is -3.58. The van der Waals surface area contributed by atoms with Crippen molar-refractivity contribution >= 4 is 50.7 Å². The Morgan fingerprint density at radius 1 is 0.724 bits per heavy atom. The van der Waals surface area contributed by atoms with Crippen LogP contribution in [0.15, 0.2) is 79.4 Å². The third-order valence-corrected chi connectivity index (χ3v) is 5.77. The average Bonchev–Trinajstić information content (AvgIpc) is 3.16. The number of nitrogens with zero attached hydrogens (tertiary/aromatic N) is 1. The van der Waals surface area contributed by atoms with Crippen LogP contribution < -0.4 is 5.22 Å². The molecule has 5 rings (SSSR count). The predicted octanol–water partition coefficient (Wildman–Crippen LogP) is 6.91. The minimum atomic E-state index is 1.05. The Morgan fingerprint density at radius 3 is 2.00 bits per heavy atom. The molecule has 0 N–H and O–H groups in total. The third kappa shape index (κ3) is 2.62. The molecular formula is C28H23N. The van der Waals surface area contributed by atoms with Gasteiger partial charge in [-0.15, -0.1) is 0 Å². The lowest BCUT2D eigenvalue weighted by Crippen LogP contribution is -1.95. The van der Waals surface area contributed by atoms with E-state index < -0.39 is 0 Å². The second-order valence-corrected chi connectivity index (χ2v) is 7.79. The van der Waals surface area contributed by atoms with Gasteiger partial charge in [-0.2, -0.15) is 0 Å². The molecule has 0 aliphatic carbocycles. The maximum absolute atomic E-state index is 4.50. The minimum absolute atomic E-state index is 1.05. The van der Waals surface area contributed by atoms with Crippen LogP contribution in [0.1, 0.15) is 16.7 Å². The first-order valence-corrected chi connectivity index (χ1v) is 9.94. The van der Waals surface area contributed by atoms with Gasteiger partial charge in [0.05, 0.1) is 16.6 Å². The number of fused-ring (bicyclic) bond motifs is 6. The van der Waals surface area contributed by atoms with Gasteiger partial charge in [-0.25, -0.2) is 0 Å². The van der Waals surface area contributed by atoms with Gasteiger partial charge < -0.3 is 4.40 Å². The van der Waals surface area contributed by atoms with Crippen molar-refractivity contribution < 1.29 is 0 Å². The largest absolute Gasteiger partial charge is 0.308 e. The molecule has 0 spiro atoms. The molecule has 0 unspecified atom stereocenters. The van der Waals surface area contributed by atoms with Crippen LogP contribution in [0.25, 0.3) is 50.7 Å². The summed E-state index contributed by atoms with van der Waals surface area (Å²) in [5, 5.41) is 5.94. The van der Waals surface area contributed by atoms with Gasteiger partial charge in [0.2, 0.25) is 0 Å². The molecule has 29 heavy (non-hydrogen) atoms. The fourth-order valence-corrected chi connectivity index (χ4v) is 4.41. The van der Waals surface area contributed by atoms with Crippen LogP contribution in [0.5, 0.6) is 0 Å². The summed E-state index contributed by atoms with van der Waals surface area (Å²) in [5.41, 5.74) is 7.09. The van der Waals surface area contributed by atoms with Gasteiger partial charge in [-0.1, -0.05) is 73.3 Å². The Bertz CT molecular complexity index is 1550. The second-order valence-electron chi connectivity index (χ2n) is 7.79. The van der Waals surface area contributed by atoms with Gasteiger partial charge in [0.15, 0.2) is 0 Å². The number of benzene rings is 2. The highest BCUT2D eigenvalue weighted by Gasteiger charge is 2.16. The zero-order valence-corrected chi connectivity index (χ0v) is 16.9. The van der Waals surface area contributed by atoms with Crippen LogP contribution >= 0.6 is 0 Å². The van der Waals surface area contributed by atoms with Crippen LogP contribution in [0, 0.1) is 13.8 Å². The summed E-state index contributed by atoms with van der Waals surface area (Å²) >= 11 is 0. The van der Waals surface area contributed by atoms with E-state index in [0.717, 1.165) is 16.3 Å². The zero-order chi connectivity index (χ0) is 20.1. The zero-order valence-electron chi connectivity index (χ0n) is 16.9. The van der Waals surface area contributed by atoms with Crippen LogP contribution in [0.4, 0.5) is 0 Å². The molecule has 0 aliphatic heterocycles. The third-order valence-electron chi connectivity index (χ3n) is 5.77. The van der Waals surface area contributed by atoms with Gasteiger partial charge in [0, 0.05) is 21.6 Å². The summed E-state index contributed by atoms with van der Waals surface area (Å²) in [6.07, 6.45) is 1.97. The molecule has 2 aromatic heterocycles. The van der Waals surface area contributed by atoms with Crippen LogP contribution in [0.3, 0.4) is 0 Å². The molecular weight excluding hydrogens is 350 g/mol. The molecule has 140 valence electrons. The second kappa shape index (κ2) is 6.49. The SMILES string of the molecule is C=Cc1c2cc3ccccc3cc2n2c1c(=C)c1cc(C)ccccc(C)cc12. The predicted molar refractivity (Wildman–Crippen MR) is 128 cm³/mol. The van der Waals surface area contributed by atoms with E-state index in [-0.39, 0.29) is 0 Å². The van der Waals surface area contributed by atoms with Crippen molar-refractivity contribution in [2.45, 2.75) is 13.8 Å². The fraction of sp³-hybridized carbons (Fsp3) is 0.0714. The molecule has 0 bridgehead atoms. The maximum atomic E-state index is 4.50. The van der Waals surface area contributed by atoms with E-state index in [9.17, 15) is 0 Å². The quantitative estimate of drug-likeness (QED) is 0.301. The Balaban J connectivity index is 2.14. The Kier molecular flexibility index (Phi) is 3.92. The number of rotatable bonds is 1. The van der Waals surface area contributed by atoms with E-state index in [4.69, 9.17) is 0 Å². The molecule has 2 heterocycles. The summed E-state index contributed by atoms with van der Waals surface area (Å²) in [6.45, 7) is 12.9. The Labute approximate surface area is 170 Å².